The number of aromatic nitrogens is 2. The molecule has 0 spiro atoms. The fraction of sp³-hybridized carbons (Fsp3) is 0.450. The van der Waals surface area contributed by atoms with Gasteiger partial charge in [-0.15, -0.1) is 0 Å². The number of nitrogens with one attached hydrogen (secondary N) is 1. The molecule has 0 saturated carbocycles. The van der Waals surface area contributed by atoms with Crippen LogP contribution in [0.5, 0.6) is 0 Å². The number of piperazine rings is 1. The molecule has 2 aromatic rings. The number of aromatic amines is 1. The average Bonchev–Trinajstić information content (AvgIpc) is 2.69. The Morgan fingerprint density at radius 1 is 1.22 bits per heavy atom. The van der Waals surface area contributed by atoms with E-state index in [1.807, 2.05) is 6.07 Å². The monoisotopic (exact) mass is 370 g/mol. The summed E-state index contributed by atoms with van der Waals surface area (Å²) in [5.41, 5.74) is 1.35. The molecule has 1 unspecified atom stereocenters. The normalized spacial score (nSPS) is 16.1. The number of anilines is 1. The summed E-state index contributed by atoms with van der Waals surface area (Å²) in [5.74, 6) is -0.482. The number of carbonyl (C=O) groups excluding carboxylic acids is 1. The lowest BCUT2D eigenvalue weighted by Crippen LogP contribution is -2.47. The molecule has 1 atom stereocenters. The third-order valence-electron chi connectivity index (χ3n) is 4.84. The van der Waals surface area contributed by atoms with E-state index in [-0.39, 0.29) is 5.56 Å². The Labute approximate surface area is 159 Å². The van der Waals surface area contributed by atoms with Gasteiger partial charge in [0, 0.05) is 44.5 Å². The van der Waals surface area contributed by atoms with E-state index in [1.54, 1.807) is 13.8 Å². The molecule has 7 heteroatoms. The average molecular weight is 370 g/mol. The van der Waals surface area contributed by atoms with Crippen LogP contribution in [-0.2, 0) is 16.1 Å². The first kappa shape index (κ1) is 19.1. The third-order valence-corrected chi connectivity index (χ3v) is 4.84. The molecule has 2 heterocycles. The van der Waals surface area contributed by atoms with Gasteiger partial charge in [-0.25, -0.2) is 4.98 Å². The second-order valence-electron chi connectivity index (χ2n) is 6.71. The first-order valence-corrected chi connectivity index (χ1v) is 9.35. The van der Waals surface area contributed by atoms with Crippen molar-refractivity contribution in [3.05, 3.63) is 58.0 Å². The Kier molecular flexibility index (Phi) is 6.24. The number of benzene rings is 1. The summed E-state index contributed by atoms with van der Waals surface area (Å²) < 4.78 is 4.98. The van der Waals surface area contributed by atoms with Crippen LogP contribution in [0.2, 0.25) is 0 Å². The topological polar surface area (TPSA) is 78.5 Å². The lowest BCUT2D eigenvalue weighted by molar-refractivity contribution is -0.144. The van der Waals surface area contributed by atoms with Crippen molar-refractivity contribution in [2.75, 3.05) is 37.7 Å². The van der Waals surface area contributed by atoms with Gasteiger partial charge in [-0.1, -0.05) is 30.3 Å². The van der Waals surface area contributed by atoms with Crippen molar-refractivity contribution in [1.82, 2.24) is 14.9 Å². The molecule has 0 aliphatic carbocycles. The van der Waals surface area contributed by atoms with Crippen LogP contribution in [0.4, 0.5) is 5.95 Å². The van der Waals surface area contributed by atoms with Crippen LogP contribution in [0.3, 0.4) is 0 Å². The fourth-order valence-corrected chi connectivity index (χ4v) is 3.22. The van der Waals surface area contributed by atoms with E-state index >= 15 is 0 Å². The zero-order chi connectivity index (χ0) is 19.2. The van der Waals surface area contributed by atoms with Gasteiger partial charge in [-0.3, -0.25) is 19.5 Å². The smallest absolute Gasteiger partial charge is 0.313 e. The van der Waals surface area contributed by atoms with Crippen LogP contribution < -0.4 is 10.5 Å². The highest BCUT2D eigenvalue weighted by Gasteiger charge is 2.23. The number of carbonyl (C=O) groups is 1. The summed E-state index contributed by atoms with van der Waals surface area (Å²) in [6, 6.07) is 10.4. The number of H-pyrrole nitrogens is 1. The van der Waals surface area contributed by atoms with Crippen LogP contribution >= 0.6 is 0 Å². The summed E-state index contributed by atoms with van der Waals surface area (Å²) in [6.45, 7) is 8.01. The summed E-state index contributed by atoms with van der Waals surface area (Å²) in [6.07, 6.45) is 1.49. The van der Waals surface area contributed by atoms with E-state index in [0.717, 1.165) is 32.7 Å². The van der Waals surface area contributed by atoms with Gasteiger partial charge in [0.1, 0.15) is 0 Å². The van der Waals surface area contributed by atoms with Gasteiger partial charge in [0.05, 0.1) is 12.5 Å². The Morgan fingerprint density at radius 3 is 2.56 bits per heavy atom. The summed E-state index contributed by atoms with van der Waals surface area (Å²) in [4.78, 5) is 35.9. The lowest BCUT2D eigenvalue weighted by Gasteiger charge is -2.35. The van der Waals surface area contributed by atoms with E-state index in [1.165, 1.54) is 11.8 Å². The summed E-state index contributed by atoms with van der Waals surface area (Å²) in [7, 11) is 0. The van der Waals surface area contributed by atoms with Gasteiger partial charge in [0.2, 0.25) is 5.95 Å². The highest BCUT2D eigenvalue weighted by Crippen LogP contribution is 2.15. The number of rotatable bonds is 6. The predicted molar refractivity (Wildman–Crippen MR) is 104 cm³/mol. The Balaban J connectivity index is 1.60. The van der Waals surface area contributed by atoms with Crippen molar-refractivity contribution in [3.8, 4) is 0 Å². The quantitative estimate of drug-likeness (QED) is 0.781. The molecule has 144 valence electrons. The highest BCUT2D eigenvalue weighted by molar-refractivity contribution is 5.77. The molecule has 0 bridgehead atoms. The molecule has 1 fully saturated rings. The maximum atomic E-state index is 12.4. The van der Waals surface area contributed by atoms with E-state index < -0.39 is 11.9 Å². The maximum Gasteiger partial charge on any atom is 0.313 e. The second kappa shape index (κ2) is 8.81. The van der Waals surface area contributed by atoms with Gasteiger partial charge in [-0.05, 0) is 19.4 Å². The molecule has 0 radical (unpaired) electrons. The zero-order valence-corrected chi connectivity index (χ0v) is 15.9. The largest absolute Gasteiger partial charge is 0.466 e. The minimum atomic E-state index is -0.627. The van der Waals surface area contributed by atoms with Crippen LogP contribution in [0.15, 0.2) is 41.3 Å². The zero-order valence-electron chi connectivity index (χ0n) is 15.9. The molecule has 1 aliphatic heterocycles. The number of esters is 1. The predicted octanol–water partition coefficient (Wildman–Crippen LogP) is 1.76. The fourth-order valence-electron chi connectivity index (χ4n) is 3.22. The van der Waals surface area contributed by atoms with Crippen molar-refractivity contribution in [2.45, 2.75) is 26.3 Å². The van der Waals surface area contributed by atoms with Gasteiger partial charge < -0.3 is 9.64 Å². The summed E-state index contributed by atoms with van der Waals surface area (Å²) >= 11 is 0. The van der Waals surface area contributed by atoms with Crippen molar-refractivity contribution >= 4 is 11.9 Å². The minimum absolute atomic E-state index is 0.285. The molecule has 7 nitrogen and oxygen atoms in total. The van der Waals surface area contributed by atoms with Gasteiger partial charge >= 0.3 is 5.97 Å². The van der Waals surface area contributed by atoms with E-state index in [9.17, 15) is 9.59 Å². The molecule has 1 saturated heterocycles. The van der Waals surface area contributed by atoms with Gasteiger partial charge in [0.15, 0.2) is 0 Å². The number of hydrogen-bond donors (Lipinski definition) is 1. The molecule has 1 aliphatic rings. The van der Waals surface area contributed by atoms with E-state index in [4.69, 9.17) is 4.74 Å². The molecule has 0 amide bonds. The highest BCUT2D eigenvalue weighted by atomic mass is 16.5. The molecule has 27 heavy (non-hydrogen) atoms. The molecule has 1 N–H and O–H groups in total. The van der Waals surface area contributed by atoms with Crippen molar-refractivity contribution in [3.63, 3.8) is 0 Å². The molecule has 3 rings (SSSR count). The van der Waals surface area contributed by atoms with Gasteiger partial charge in [-0.2, -0.15) is 0 Å². The number of hydrogen-bond acceptors (Lipinski definition) is 6. The van der Waals surface area contributed by atoms with Gasteiger partial charge in [0.25, 0.3) is 5.56 Å². The number of ether oxygens (including phenoxy) is 1. The SMILES string of the molecule is CCOC(=O)C(C)c1cnc(N2CCN(Cc3ccccc3)CC2)[nH]c1=O. The number of nitrogens with zero attached hydrogens (tertiary/aromatic N) is 3. The van der Waals surface area contributed by atoms with E-state index in [2.05, 4.69) is 44.0 Å². The third kappa shape index (κ3) is 4.74. The minimum Gasteiger partial charge on any atom is -0.466 e. The van der Waals surface area contributed by atoms with Crippen LogP contribution in [-0.4, -0.2) is 53.6 Å². The van der Waals surface area contributed by atoms with Crippen molar-refractivity contribution < 1.29 is 9.53 Å². The lowest BCUT2D eigenvalue weighted by atomic mass is 10.1. The summed E-state index contributed by atoms with van der Waals surface area (Å²) in [5, 5.41) is 0. The molecule has 1 aromatic carbocycles. The Bertz CT molecular complexity index is 813. The Hall–Kier alpha value is -2.67. The maximum absolute atomic E-state index is 12.4. The standard InChI is InChI=1S/C20H26N4O3/c1-3-27-19(26)15(2)17-13-21-20(22-18(17)25)24-11-9-23(10-12-24)14-16-7-5-4-6-8-16/h4-8,13,15H,3,9-12,14H2,1-2H3,(H,21,22,25). The first-order chi connectivity index (χ1) is 13.1. The van der Waals surface area contributed by atoms with E-state index in [0.29, 0.717) is 18.1 Å². The molecular formula is C20H26N4O3. The van der Waals surface area contributed by atoms with Crippen LogP contribution in [0.25, 0.3) is 0 Å². The van der Waals surface area contributed by atoms with Crippen molar-refractivity contribution in [2.24, 2.45) is 0 Å². The molecule has 1 aromatic heterocycles. The van der Waals surface area contributed by atoms with Crippen LogP contribution in [0.1, 0.15) is 30.9 Å². The molecular weight excluding hydrogens is 344 g/mol. The van der Waals surface area contributed by atoms with Crippen molar-refractivity contribution in [1.29, 1.82) is 0 Å². The van der Waals surface area contributed by atoms with Crippen LogP contribution in [0, 0.1) is 0 Å². The first-order valence-electron chi connectivity index (χ1n) is 9.35. The second-order valence-corrected chi connectivity index (χ2v) is 6.71. The Morgan fingerprint density at radius 2 is 1.93 bits per heavy atom.